The monoisotopic (exact) mass is 194 g/mol. The van der Waals surface area contributed by atoms with E-state index in [9.17, 15) is 5.11 Å². The second-order valence-corrected chi connectivity index (χ2v) is 5.07. The van der Waals surface area contributed by atoms with E-state index >= 15 is 0 Å². The van der Waals surface area contributed by atoms with E-state index in [-0.39, 0.29) is 6.10 Å². The van der Waals surface area contributed by atoms with E-state index in [0.29, 0.717) is 0 Å². The predicted molar refractivity (Wildman–Crippen MR) is 39.8 cm³/mol. The van der Waals surface area contributed by atoms with Gasteiger partial charge in [-0.3, -0.25) is 0 Å². The van der Waals surface area contributed by atoms with Gasteiger partial charge in [0.2, 0.25) is 0 Å². The third kappa shape index (κ3) is 2.29. The van der Waals surface area contributed by atoms with Gasteiger partial charge in [-0.15, -0.1) is 0 Å². The number of hydrogen-bond donors (Lipinski definition) is 1. The van der Waals surface area contributed by atoms with Crippen LogP contribution in [0.1, 0.15) is 25.7 Å². The van der Waals surface area contributed by atoms with Crippen LogP contribution in [0.15, 0.2) is 0 Å². The van der Waals surface area contributed by atoms with E-state index in [1.807, 2.05) is 0 Å². The zero-order chi connectivity index (χ0) is 6.69. The molecule has 1 N–H and O–H groups in total. The van der Waals surface area contributed by atoms with Crippen molar-refractivity contribution >= 4 is 15.0 Å². The van der Waals surface area contributed by atoms with Crippen molar-refractivity contribution < 1.29 is 5.11 Å². The Morgan fingerprint density at radius 2 is 2.22 bits per heavy atom. The molecule has 1 aliphatic rings. The number of aliphatic hydroxyl groups excluding tert-OH is 1. The summed E-state index contributed by atoms with van der Waals surface area (Å²) >= 11 is 0.765. The molecule has 0 spiro atoms. The fourth-order valence-electron chi connectivity index (χ4n) is 1.33. The fourth-order valence-corrected chi connectivity index (χ4v) is 3.05. The van der Waals surface area contributed by atoms with Crippen molar-refractivity contribution in [2.45, 2.75) is 42.4 Å². The second kappa shape index (κ2) is 3.60. The summed E-state index contributed by atoms with van der Waals surface area (Å²) in [5.74, 6) is 2.27. The fraction of sp³-hybridized carbons (Fsp3) is 1.00. The van der Waals surface area contributed by atoms with Crippen LogP contribution < -0.4 is 0 Å². The van der Waals surface area contributed by atoms with Crippen LogP contribution in [0.2, 0.25) is 10.6 Å². The average Bonchev–Trinajstić information content (AvgIpc) is 1.88. The van der Waals surface area contributed by atoms with Crippen molar-refractivity contribution in [1.29, 1.82) is 0 Å². The van der Waals surface area contributed by atoms with Crippen LogP contribution in [0.25, 0.3) is 0 Å². The van der Waals surface area contributed by atoms with Gasteiger partial charge in [0.1, 0.15) is 0 Å². The quantitative estimate of drug-likeness (QED) is 0.625. The predicted octanol–water partition coefficient (Wildman–Crippen LogP) is 1.46. The molecule has 2 unspecified atom stereocenters. The van der Waals surface area contributed by atoms with E-state index in [4.69, 9.17) is 0 Å². The van der Waals surface area contributed by atoms with Gasteiger partial charge >= 0.3 is 62.5 Å². The van der Waals surface area contributed by atoms with Crippen LogP contribution >= 0.6 is 0 Å². The molecule has 0 radical (unpaired) electrons. The Hall–Kier alpha value is 0.479. The molecule has 1 aliphatic carbocycles. The number of rotatable bonds is 1. The summed E-state index contributed by atoms with van der Waals surface area (Å²) in [6, 6.07) is 0. The molecule has 0 aromatic heterocycles. The zero-order valence-electron chi connectivity index (χ0n) is 5.84. The first-order chi connectivity index (χ1) is 4.33. The van der Waals surface area contributed by atoms with Gasteiger partial charge < -0.3 is 0 Å². The van der Waals surface area contributed by atoms with Gasteiger partial charge in [-0.25, -0.2) is 0 Å². The Morgan fingerprint density at radius 1 is 1.44 bits per heavy atom. The SMILES string of the molecule is C[Se]C1CCCC(O)C1. The Kier molecular flexibility index (Phi) is 3.03. The summed E-state index contributed by atoms with van der Waals surface area (Å²) < 4.78 is 0. The van der Waals surface area contributed by atoms with Crippen molar-refractivity contribution in [3.63, 3.8) is 0 Å². The molecule has 2 atom stereocenters. The minimum atomic E-state index is 0.0329. The van der Waals surface area contributed by atoms with Gasteiger partial charge in [-0.05, 0) is 0 Å². The Balaban J connectivity index is 2.23. The molecule has 1 nitrogen and oxygen atoms in total. The standard InChI is InChI=1S/C7H14OSe/c1-9-7-4-2-3-6(8)5-7/h6-8H,2-5H2,1H3. The summed E-state index contributed by atoms with van der Waals surface area (Å²) in [5, 5.41) is 9.22. The summed E-state index contributed by atoms with van der Waals surface area (Å²) in [4.78, 5) is 0.876. The van der Waals surface area contributed by atoms with Gasteiger partial charge in [-0.2, -0.15) is 0 Å². The summed E-state index contributed by atoms with van der Waals surface area (Å²) in [6.07, 6.45) is 4.78. The number of hydrogen-bond acceptors (Lipinski definition) is 1. The van der Waals surface area contributed by atoms with Crippen molar-refractivity contribution in [2.75, 3.05) is 0 Å². The third-order valence-electron chi connectivity index (χ3n) is 1.93. The maximum absolute atomic E-state index is 9.22. The molecule has 9 heavy (non-hydrogen) atoms. The Labute approximate surface area is 63.0 Å². The Morgan fingerprint density at radius 3 is 2.67 bits per heavy atom. The van der Waals surface area contributed by atoms with Crippen LogP contribution in [-0.4, -0.2) is 26.2 Å². The molecule has 0 heterocycles. The van der Waals surface area contributed by atoms with Crippen LogP contribution in [0, 0.1) is 0 Å². The second-order valence-electron chi connectivity index (χ2n) is 2.68. The number of aliphatic hydroxyl groups is 1. The van der Waals surface area contributed by atoms with Crippen LogP contribution in [0.3, 0.4) is 0 Å². The topological polar surface area (TPSA) is 20.2 Å². The van der Waals surface area contributed by atoms with Gasteiger partial charge in [0.15, 0.2) is 0 Å². The third-order valence-corrected chi connectivity index (χ3v) is 4.23. The first-order valence-electron chi connectivity index (χ1n) is 3.54. The zero-order valence-corrected chi connectivity index (χ0v) is 7.55. The first-order valence-corrected chi connectivity index (χ1v) is 6.24. The van der Waals surface area contributed by atoms with Crippen LogP contribution in [0.4, 0.5) is 0 Å². The molecular formula is C7H14OSe. The van der Waals surface area contributed by atoms with Crippen LogP contribution in [0.5, 0.6) is 0 Å². The van der Waals surface area contributed by atoms with Gasteiger partial charge in [0, 0.05) is 0 Å². The van der Waals surface area contributed by atoms with E-state index < -0.39 is 0 Å². The van der Waals surface area contributed by atoms with Gasteiger partial charge in [0.05, 0.1) is 0 Å². The summed E-state index contributed by atoms with van der Waals surface area (Å²) in [5.41, 5.74) is 0. The van der Waals surface area contributed by atoms with Gasteiger partial charge in [0.25, 0.3) is 0 Å². The van der Waals surface area contributed by atoms with Crippen LogP contribution in [-0.2, 0) is 0 Å². The molecule has 1 saturated carbocycles. The molecule has 54 valence electrons. The molecule has 0 aliphatic heterocycles. The molecule has 0 amide bonds. The normalized spacial score (nSPS) is 36.7. The molecule has 0 aromatic carbocycles. The van der Waals surface area contributed by atoms with E-state index in [2.05, 4.69) is 5.82 Å². The molecule has 2 heteroatoms. The van der Waals surface area contributed by atoms with Crippen molar-refractivity contribution in [3.8, 4) is 0 Å². The van der Waals surface area contributed by atoms with Crippen molar-refractivity contribution in [2.24, 2.45) is 0 Å². The first kappa shape index (κ1) is 7.58. The van der Waals surface area contributed by atoms with E-state index in [0.717, 1.165) is 32.6 Å². The summed E-state index contributed by atoms with van der Waals surface area (Å²) in [7, 11) is 0. The summed E-state index contributed by atoms with van der Waals surface area (Å²) in [6.45, 7) is 0. The molecule has 1 fully saturated rings. The Bertz CT molecular complexity index is 85.0. The van der Waals surface area contributed by atoms with Gasteiger partial charge in [-0.1, -0.05) is 0 Å². The van der Waals surface area contributed by atoms with Crippen molar-refractivity contribution in [1.82, 2.24) is 0 Å². The molecule has 0 aromatic rings. The van der Waals surface area contributed by atoms with E-state index in [1.165, 1.54) is 12.8 Å². The molecule has 0 saturated heterocycles. The molecule has 0 bridgehead atoms. The van der Waals surface area contributed by atoms with Crippen molar-refractivity contribution in [3.05, 3.63) is 0 Å². The molecular weight excluding hydrogens is 179 g/mol. The molecule has 1 rings (SSSR count). The minimum absolute atomic E-state index is 0.0329. The average molecular weight is 193 g/mol. The maximum atomic E-state index is 9.22. The van der Waals surface area contributed by atoms with E-state index in [1.54, 1.807) is 0 Å².